The van der Waals surface area contributed by atoms with E-state index >= 15 is 0 Å². The monoisotopic (exact) mass is 710 g/mol. The maximum Gasteiger partial charge on any atom is 0.262 e. The molecule has 0 saturated heterocycles. The highest BCUT2D eigenvalue weighted by Crippen LogP contribution is 2.29. The summed E-state index contributed by atoms with van der Waals surface area (Å²) in [5.41, 5.74) is 4.43. The van der Waals surface area contributed by atoms with Gasteiger partial charge in [0, 0.05) is 40.5 Å². The number of hydrogen-bond donors (Lipinski definition) is 6. The molecule has 5 N–H and O–H groups in total. The smallest absolute Gasteiger partial charge is 0.262 e. The lowest BCUT2D eigenvalue weighted by atomic mass is 10.1. The number of fused-ring (bicyclic) bond motifs is 1. The van der Waals surface area contributed by atoms with Gasteiger partial charge in [0.15, 0.2) is 0 Å². The lowest BCUT2D eigenvalue weighted by Crippen LogP contribution is -2.41. The van der Waals surface area contributed by atoms with Gasteiger partial charge in [-0.3, -0.25) is 28.5 Å². The Kier molecular flexibility index (Phi) is 16.2. The molecule has 0 fully saturated rings. The van der Waals surface area contributed by atoms with E-state index in [4.69, 9.17) is 11.6 Å². The molecular formula is C36H47ClN6O5S. The van der Waals surface area contributed by atoms with E-state index < -0.39 is 0 Å². The van der Waals surface area contributed by atoms with E-state index in [0.29, 0.717) is 29.4 Å². The quantitative estimate of drug-likeness (QED) is 0.0772. The molecule has 1 heterocycles. The van der Waals surface area contributed by atoms with Crippen molar-refractivity contribution in [2.75, 3.05) is 38.5 Å². The number of aryl methyl sites for hydroxylation is 1. The van der Waals surface area contributed by atoms with Crippen LogP contribution in [0.5, 0.6) is 0 Å². The van der Waals surface area contributed by atoms with E-state index in [-0.39, 0.29) is 61.3 Å². The van der Waals surface area contributed by atoms with Gasteiger partial charge in [-0.15, -0.1) is 0 Å². The van der Waals surface area contributed by atoms with E-state index in [1.807, 2.05) is 32.0 Å². The van der Waals surface area contributed by atoms with Crippen LogP contribution in [0.15, 0.2) is 54.7 Å². The number of carbonyl (C=O) groups is 5. The average molecular weight is 711 g/mol. The van der Waals surface area contributed by atoms with Crippen LogP contribution in [0.2, 0.25) is 5.02 Å². The number of hydrogen-bond acceptors (Lipinski definition) is 7. The summed E-state index contributed by atoms with van der Waals surface area (Å²) in [4.78, 5) is 61.5. The van der Waals surface area contributed by atoms with Crippen LogP contribution in [0.3, 0.4) is 0 Å². The van der Waals surface area contributed by atoms with Gasteiger partial charge in [-0.1, -0.05) is 55.5 Å². The number of nitrogens with zero attached hydrogens (tertiary/aromatic N) is 1. The Labute approximate surface area is 298 Å². The minimum Gasteiger partial charge on any atom is -0.379 e. The molecular weight excluding hydrogens is 664 g/mol. The van der Waals surface area contributed by atoms with Crippen molar-refractivity contribution in [3.63, 3.8) is 0 Å². The fraction of sp³-hybridized carbons (Fsp3) is 0.417. The fourth-order valence-corrected chi connectivity index (χ4v) is 5.51. The molecule has 0 atom stereocenters. The Balaban J connectivity index is 1.28. The molecule has 0 saturated carbocycles. The highest BCUT2D eigenvalue weighted by Gasteiger charge is 2.21. The molecule has 0 aliphatic rings. The van der Waals surface area contributed by atoms with Crippen molar-refractivity contribution in [1.29, 1.82) is 0 Å². The Morgan fingerprint density at radius 2 is 1.29 bits per heavy atom. The van der Waals surface area contributed by atoms with Gasteiger partial charge in [0.1, 0.15) is 0 Å². The molecule has 0 bridgehead atoms. The van der Waals surface area contributed by atoms with Crippen molar-refractivity contribution in [3.8, 4) is 0 Å². The Morgan fingerprint density at radius 3 is 1.94 bits per heavy atom. The molecule has 3 aromatic rings. The van der Waals surface area contributed by atoms with Crippen LogP contribution in [-0.4, -0.2) is 72.6 Å². The molecule has 0 radical (unpaired) electrons. The summed E-state index contributed by atoms with van der Waals surface area (Å²) in [5, 5.41) is 15.2. The van der Waals surface area contributed by atoms with Crippen LogP contribution in [0.1, 0.15) is 65.7 Å². The number of benzene rings is 2. The van der Waals surface area contributed by atoms with Gasteiger partial charge in [-0.2, -0.15) is 12.6 Å². The van der Waals surface area contributed by atoms with Gasteiger partial charge in [-0.05, 0) is 68.7 Å². The van der Waals surface area contributed by atoms with Crippen molar-refractivity contribution in [2.24, 2.45) is 0 Å². The number of halogens is 1. The van der Waals surface area contributed by atoms with Crippen molar-refractivity contribution in [2.45, 2.75) is 58.8 Å². The van der Waals surface area contributed by atoms with E-state index in [1.54, 1.807) is 28.8 Å². The topological polar surface area (TPSA) is 150 Å². The van der Waals surface area contributed by atoms with Gasteiger partial charge >= 0.3 is 0 Å². The number of nitrogens with one attached hydrogen (secondary N) is 5. The molecule has 2 aromatic carbocycles. The normalized spacial score (nSPS) is 10.8. The lowest BCUT2D eigenvalue weighted by Gasteiger charge is -2.11. The molecule has 13 heteroatoms. The SMILES string of the molecule is C=C(CNC(=O)CS)NCC(=O)NCC(=O)NCCCCCCCCNC(=O)Cc1c(C)n(C(=O)c2ccc(Cl)cc2)c2ccc(C)cc12. The third kappa shape index (κ3) is 12.9. The zero-order valence-electron chi connectivity index (χ0n) is 28.3. The maximum absolute atomic E-state index is 13.5. The van der Waals surface area contributed by atoms with Crippen LogP contribution in [0, 0.1) is 13.8 Å². The van der Waals surface area contributed by atoms with E-state index in [1.165, 1.54) is 0 Å². The number of carbonyl (C=O) groups excluding carboxylic acids is 5. The average Bonchev–Trinajstić information content (AvgIpc) is 3.35. The summed E-state index contributed by atoms with van der Waals surface area (Å²) >= 11 is 9.88. The first-order chi connectivity index (χ1) is 23.5. The van der Waals surface area contributed by atoms with Gasteiger partial charge in [-0.25, -0.2) is 0 Å². The van der Waals surface area contributed by atoms with Crippen molar-refractivity contribution in [3.05, 3.63) is 82.1 Å². The van der Waals surface area contributed by atoms with E-state index in [0.717, 1.165) is 66.2 Å². The second kappa shape index (κ2) is 20.3. The number of amides is 4. The van der Waals surface area contributed by atoms with Crippen LogP contribution in [0.4, 0.5) is 0 Å². The third-order valence-electron chi connectivity index (χ3n) is 7.96. The molecule has 264 valence electrons. The number of thiol groups is 1. The van der Waals surface area contributed by atoms with Gasteiger partial charge in [0.2, 0.25) is 23.6 Å². The van der Waals surface area contributed by atoms with Crippen LogP contribution in [0.25, 0.3) is 10.9 Å². The molecule has 1 aromatic heterocycles. The first kappa shape index (κ1) is 39.2. The van der Waals surface area contributed by atoms with E-state index in [2.05, 4.69) is 45.8 Å². The largest absolute Gasteiger partial charge is 0.379 e. The summed E-state index contributed by atoms with van der Waals surface area (Å²) in [6.45, 7) is 8.74. The van der Waals surface area contributed by atoms with Gasteiger partial charge in [0.05, 0.1) is 37.3 Å². The van der Waals surface area contributed by atoms with E-state index in [9.17, 15) is 24.0 Å². The van der Waals surface area contributed by atoms with Gasteiger partial charge < -0.3 is 26.6 Å². The minimum absolute atomic E-state index is 0.0503. The first-order valence-corrected chi connectivity index (χ1v) is 17.5. The van der Waals surface area contributed by atoms with Crippen molar-refractivity contribution < 1.29 is 24.0 Å². The second-order valence-electron chi connectivity index (χ2n) is 11.9. The highest BCUT2D eigenvalue weighted by molar-refractivity contribution is 7.81. The lowest BCUT2D eigenvalue weighted by molar-refractivity contribution is -0.125. The summed E-state index contributed by atoms with van der Waals surface area (Å²) in [6.07, 6.45) is 5.87. The minimum atomic E-state index is -0.354. The van der Waals surface area contributed by atoms with Crippen LogP contribution < -0.4 is 26.6 Å². The van der Waals surface area contributed by atoms with Crippen LogP contribution >= 0.6 is 24.2 Å². The highest BCUT2D eigenvalue weighted by atomic mass is 35.5. The molecule has 3 rings (SSSR count). The molecule has 0 spiro atoms. The molecule has 11 nitrogen and oxygen atoms in total. The van der Waals surface area contributed by atoms with Crippen molar-refractivity contribution >= 4 is 64.7 Å². The summed E-state index contributed by atoms with van der Waals surface area (Å²) in [6, 6.07) is 12.7. The Bertz CT molecular complexity index is 1640. The number of aromatic nitrogens is 1. The zero-order valence-corrected chi connectivity index (χ0v) is 29.9. The first-order valence-electron chi connectivity index (χ1n) is 16.5. The standard InChI is InChI=1S/C36H47ClN6O5S/c1-24-10-15-31-30(18-24)29(26(3)43(31)36(48)27-11-13-28(37)14-12-27)19-32(44)38-16-8-6-4-5-7-9-17-39-33(45)22-42-34(46)21-40-25(2)20-41-35(47)23-49/h10-15,18,40,49H,2,4-9,16-17,19-23H2,1,3H3,(H,38,44)(H,39,45)(H,41,47)(H,42,46). The summed E-state index contributed by atoms with van der Waals surface area (Å²) in [5.74, 6) is -1.02. The number of unbranched alkanes of at least 4 members (excludes halogenated alkanes) is 5. The van der Waals surface area contributed by atoms with Gasteiger partial charge in [0.25, 0.3) is 5.91 Å². The van der Waals surface area contributed by atoms with Crippen LogP contribution in [-0.2, 0) is 25.6 Å². The number of rotatable bonds is 20. The Hall–Kier alpha value is -4.29. The fourth-order valence-electron chi connectivity index (χ4n) is 5.27. The summed E-state index contributed by atoms with van der Waals surface area (Å²) < 4.78 is 1.68. The molecule has 4 amide bonds. The second-order valence-corrected chi connectivity index (χ2v) is 12.7. The molecule has 0 unspecified atom stereocenters. The molecule has 0 aliphatic heterocycles. The molecule has 0 aliphatic carbocycles. The summed E-state index contributed by atoms with van der Waals surface area (Å²) in [7, 11) is 0. The Morgan fingerprint density at radius 1 is 0.714 bits per heavy atom. The third-order valence-corrected chi connectivity index (χ3v) is 8.50. The molecule has 49 heavy (non-hydrogen) atoms. The maximum atomic E-state index is 13.5. The predicted octanol–water partition coefficient (Wildman–Crippen LogP) is 3.98. The zero-order chi connectivity index (χ0) is 35.8. The predicted molar refractivity (Wildman–Crippen MR) is 197 cm³/mol. The van der Waals surface area contributed by atoms with Crippen molar-refractivity contribution in [1.82, 2.24) is 31.2 Å².